The molecule has 0 radical (unpaired) electrons. The molecule has 152 valence electrons. The number of rotatable bonds is 6. The van der Waals surface area contributed by atoms with Crippen LogP contribution in [0.2, 0.25) is 5.02 Å². The van der Waals surface area contributed by atoms with Crippen LogP contribution in [0.4, 0.5) is 5.88 Å². The molecule has 0 spiro atoms. The van der Waals surface area contributed by atoms with E-state index in [2.05, 4.69) is 10.3 Å². The molecule has 0 fully saturated rings. The average molecular weight is 439 g/mol. The second-order valence-electron chi connectivity index (χ2n) is 6.79. The van der Waals surface area contributed by atoms with Crippen molar-refractivity contribution in [2.24, 2.45) is 0 Å². The fourth-order valence-electron chi connectivity index (χ4n) is 2.95. The van der Waals surface area contributed by atoms with Crippen molar-refractivity contribution in [3.8, 4) is 11.5 Å². The second kappa shape index (κ2) is 8.34. The largest absolute Gasteiger partial charge is 0.419 e. The first kappa shape index (κ1) is 20.2. The summed E-state index contributed by atoms with van der Waals surface area (Å²) < 4.78 is 32.3. The van der Waals surface area contributed by atoms with Gasteiger partial charge in [0.15, 0.2) is 0 Å². The molecule has 4 rings (SSSR count). The van der Waals surface area contributed by atoms with Gasteiger partial charge in [0.05, 0.1) is 15.5 Å². The Morgan fingerprint density at radius 1 is 0.933 bits per heavy atom. The zero-order chi connectivity index (χ0) is 21.1. The van der Waals surface area contributed by atoms with Gasteiger partial charge in [-0.3, -0.25) is 0 Å². The number of benzene rings is 3. The monoisotopic (exact) mass is 438 g/mol. The Labute approximate surface area is 180 Å². The number of hydrogen-bond donors (Lipinski definition) is 1. The number of sulfone groups is 1. The predicted octanol–water partition coefficient (Wildman–Crippen LogP) is 5.75. The topological polar surface area (TPSA) is 72.2 Å². The van der Waals surface area contributed by atoms with Crippen molar-refractivity contribution < 1.29 is 12.8 Å². The molecule has 3 aromatic carbocycles. The molecule has 7 heteroatoms. The highest BCUT2D eigenvalue weighted by atomic mass is 35.5. The quantitative estimate of drug-likeness (QED) is 0.415. The van der Waals surface area contributed by atoms with E-state index >= 15 is 0 Å². The molecule has 0 aliphatic heterocycles. The molecule has 0 saturated heterocycles. The van der Waals surface area contributed by atoms with Crippen LogP contribution >= 0.6 is 11.6 Å². The van der Waals surface area contributed by atoms with Gasteiger partial charge in [-0.05, 0) is 36.8 Å². The Bertz CT molecular complexity index is 1270. The van der Waals surface area contributed by atoms with Gasteiger partial charge in [0, 0.05) is 6.54 Å². The van der Waals surface area contributed by atoms with Gasteiger partial charge in [-0.15, -0.1) is 0 Å². The Kier molecular flexibility index (Phi) is 5.61. The lowest BCUT2D eigenvalue weighted by Crippen LogP contribution is -2.07. The van der Waals surface area contributed by atoms with E-state index in [1.165, 1.54) is 12.1 Å². The Morgan fingerprint density at radius 3 is 2.30 bits per heavy atom. The van der Waals surface area contributed by atoms with Gasteiger partial charge < -0.3 is 9.73 Å². The highest BCUT2D eigenvalue weighted by Gasteiger charge is 2.28. The Balaban J connectivity index is 1.77. The van der Waals surface area contributed by atoms with E-state index in [9.17, 15) is 8.42 Å². The normalized spacial score (nSPS) is 11.4. The van der Waals surface area contributed by atoms with Crippen LogP contribution < -0.4 is 5.32 Å². The predicted molar refractivity (Wildman–Crippen MR) is 117 cm³/mol. The maximum absolute atomic E-state index is 13.2. The van der Waals surface area contributed by atoms with Crippen molar-refractivity contribution in [3.63, 3.8) is 0 Å². The summed E-state index contributed by atoms with van der Waals surface area (Å²) in [7, 11) is -3.89. The van der Waals surface area contributed by atoms with Crippen molar-refractivity contribution in [2.75, 3.05) is 5.32 Å². The molecule has 0 saturated carbocycles. The van der Waals surface area contributed by atoms with E-state index in [4.69, 9.17) is 16.0 Å². The van der Waals surface area contributed by atoms with Crippen molar-refractivity contribution in [2.45, 2.75) is 23.4 Å². The minimum atomic E-state index is -3.89. The summed E-state index contributed by atoms with van der Waals surface area (Å²) in [5.41, 5.74) is 2.65. The lowest BCUT2D eigenvalue weighted by Gasteiger charge is -2.06. The fourth-order valence-corrected chi connectivity index (χ4v) is 4.47. The number of aromatic nitrogens is 1. The van der Waals surface area contributed by atoms with Gasteiger partial charge >= 0.3 is 0 Å². The van der Waals surface area contributed by atoms with E-state index < -0.39 is 9.84 Å². The molecule has 30 heavy (non-hydrogen) atoms. The van der Waals surface area contributed by atoms with Crippen molar-refractivity contribution in [1.82, 2.24) is 4.98 Å². The average Bonchev–Trinajstić information content (AvgIpc) is 3.19. The molecule has 0 bridgehead atoms. The number of nitrogens with zero attached hydrogens (tertiary/aromatic N) is 1. The minimum absolute atomic E-state index is 0.0781. The van der Waals surface area contributed by atoms with E-state index in [0.717, 1.165) is 11.1 Å². The first-order valence-electron chi connectivity index (χ1n) is 9.30. The maximum atomic E-state index is 13.2. The van der Waals surface area contributed by atoms with E-state index in [0.29, 0.717) is 17.1 Å². The summed E-state index contributed by atoms with van der Waals surface area (Å²) in [6, 6.07) is 23.1. The number of aryl methyl sites for hydroxylation is 1. The third-order valence-corrected chi connectivity index (χ3v) is 6.59. The second-order valence-corrected chi connectivity index (χ2v) is 9.06. The molecule has 1 heterocycles. The van der Waals surface area contributed by atoms with E-state index in [1.807, 2.05) is 31.2 Å². The SMILES string of the molecule is Cc1ccc(CNc2oc(-c3ccccc3Cl)nc2S(=O)(=O)c2ccccc2)cc1. The van der Waals surface area contributed by atoms with E-state index in [-0.39, 0.29) is 21.7 Å². The molecule has 0 atom stereocenters. The molecule has 5 nitrogen and oxygen atoms in total. The van der Waals surface area contributed by atoms with Crippen LogP contribution in [-0.4, -0.2) is 13.4 Å². The summed E-state index contributed by atoms with van der Waals surface area (Å²) in [6.07, 6.45) is 0. The molecule has 0 amide bonds. The van der Waals surface area contributed by atoms with Gasteiger partial charge in [-0.2, -0.15) is 4.98 Å². The lowest BCUT2D eigenvalue weighted by atomic mass is 10.1. The highest BCUT2D eigenvalue weighted by molar-refractivity contribution is 7.91. The van der Waals surface area contributed by atoms with Gasteiger partial charge in [0.25, 0.3) is 0 Å². The van der Waals surface area contributed by atoms with Gasteiger partial charge in [-0.1, -0.05) is 71.8 Å². The molecule has 0 aliphatic rings. The molecular formula is C23H19ClN2O3S. The van der Waals surface area contributed by atoms with Crippen LogP contribution in [0.25, 0.3) is 11.5 Å². The number of anilines is 1. The molecule has 1 aromatic heterocycles. The number of oxazole rings is 1. The minimum Gasteiger partial charge on any atom is -0.419 e. The summed E-state index contributed by atoms with van der Waals surface area (Å²) in [5.74, 6) is 0.218. The van der Waals surface area contributed by atoms with Crippen molar-refractivity contribution >= 4 is 27.3 Å². The molecule has 1 N–H and O–H groups in total. The van der Waals surface area contributed by atoms with Crippen LogP contribution in [-0.2, 0) is 16.4 Å². The van der Waals surface area contributed by atoms with Gasteiger partial charge in [-0.25, -0.2) is 8.42 Å². The van der Waals surface area contributed by atoms with Crippen LogP contribution in [0.3, 0.4) is 0 Å². The summed E-state index contributed by atoms with van der Waals surface area (Å²) in [5, 5.41) is 3.34. The molecular weight excluding hydrogens is 420 g/mol. The van der Waals surface area contributed by atoms with Crippen LogP contribution in [0.5, 0.6) is 0 Å². The zero-order valence-electron chi connectivity index (χ0n) is 16.2. The third kappa shape index (κ3) is 4.10. The van der Waals surface area contributed by atoms with Crippen LogP contribution in [0.1, 0.15) is 11.1 Å². The Morgan fingerprint density at radius 2 is 1.60 bits per heavy atom. The van der Waals surface area contributed by atoms with Crippen molar-refractivity contribution in [1.29, 1.82) is 0 Å². The summed E-state index contributed by atoms with van der Waals surface area (Å²) >= 11 is 6.27. The van der Waals surface area contributed by atoms with Gasteiger partial charge in [0.2, 0.25) is 26.6 Å². The standard InChI is InChI=1S/C23H19ClN2O3S/c1-16-11-13-17(14-12-16)15-25-22-23(30(27,28)18-7-3-2-4-8-18)26-21(29-22)19-9-5-6-10-20(19)24/h2-14,25H,15H2,1H3. The van der Waals surface area contributed by atoms with E-state index in [1.54, 1.807) is 42.5 Å². The van der Waals surface area contributed by atoms with Crippen molar-refractivity contribution in [3.05, 3.63) is 95.0 Å². The third-order valence-electron chi connectivity index (χ3n) is 4.58. The molecule has 0 aliphatic carbocycles. The Hall–Kier alpha value is -3.09. The zero-order valence-corrected chi connectivity index (χ0v) is 17.7. The number of nitrogens with one attached hydrogen (secondary N) is 1. The highest BCUT2D eigenvalue weighted by Crippen LogP contribution is 2.35. The smallest absolute Gasteiger partial charge is 0.234 e. The number of hydrogen-bond acceptors (Lipinski definition) is 5. The first-order chi connectivity index (χ1) is 14.4. The lowest BCUT2D eigenvalue weighted by molar-refractivity contribution is 0.577. The fraction of sp³-hybridized carbons (Fsp3) is 0.0870. The van der Waals surface area contributed by atoms with Crippen LogP contribution in [0.15, 0.2) is 93.2 Å². The summed E-state index contributed by atoms with van der Waals surface area (Å²) in [4.78, 5) is 4.46. The molecule has 4 aromatic rings. The number of halogens is 1. The summed E-state index contributed by atoms with van der Waals surface area (Å²) in [6.45, 7) is 2.39. The first-order valence-corrected chi connectivity index (χ1v) is 11.2. The van der Waals surface area contributed by atoms with Gasteiger partial charge in [0.1, 0.15) is 0 Å². The maximum Gasteiger partial charge on any atom is 0.234 e. The van der Waals surface area contributed by atoms with Crippen LogP contribution in [0, 0.1) is 6.92 Å². The molecule has 0 unspecified atom stereocenters.